The van der Waals surface area contributed by atoms with Crippen molar-refractivity contribution in [3.8, 4) is 5.75 Å². The minimum Gasteiger partial charge on any atom is -0.491 e. The molecule has 0 atom stereocenters. The van der Waals surface area contributed by atoms with Gasteiger partial charge in [0.1, 0.15) is 11.6 Å². The number of hydrogen-bond donors (Lipinski definition) is 1. The summed E-state index contributed by atoms with van der Waals surface area (Å²) in [6, 6.07) is 10.4. The van der Waals surface area contributed by atoms with Crippen molar-refractivity contribution in [1.82, 2.24) is 4.72 Å². The Hall–Kier alpha value is -1.63. The number of sulfonamides is 1. The molecule has 0 amide bonds. The van der Waals surface area contributed by atoms with Crippen molar-refractivity contribution in [2.75, 3.05) is 0 Å². The summed E-state index contributed by atoms with van der Waals surface area (Å²) in [5, 5.41) is -0.233. The van der Waals surface area contributed by atoms with Crippen LogP contribution in [0.2, 0.25) is 5.02 Å². The summed E-state index contributed by atoms with van der Waals surface area (Å²) >= 11 is 5.61. The second-order valence-corrected chi connectivity index (χ2v) is 7.39. The van der Waals surface area contributed by atoms with E-state index in [1.807, 2.05) is 13.8 Å². The first-order valence-corrected chi connectivity index (χ1v) is 8.84. The van der Waals surface area contributed by atoms with E-state index in [9.17, 15) is 12.8 Å². The van der Waals surface area contributed by atoms with Gasteiger partial charge in [0.15, 0.2) is 0 Å². The van der Waals surface area contributed by atoms with Gasteiger partial charge < -0.3 is 4.74 Å². The van der Waals surface area contributed by atoms with Gasteiger partial charge >= 0.3 is 0 Å². The molecule has 0 aromatic heterocycles. The molecule has 0 radical (unpaired) electrons. The maximum absolute atomic E-state index is 13.1. The van der Waals surface area contributed by atoms with E-state index in [2.05, 4.69) is 4.72 Å². The molecule has 0 aliphatic rings. The highest BCUT2D eigenvalue weighted by atomic mass is 35.5. The summed E-state index contributed by atoms with van der Waals surface area (Å²) in [6.07, 6.45) is 0.0718. The normalized spacial score (nSPS) is 11.7. The Balaban J connectivity index is 2.05. The third-order valence-electron chi connectivity index (χ3n) is 2.96. The predicted octanol–water partition coefficient (Wildman–Crippen LogP) is 3.74. The molecule has 2 aromatic rings. The number of nitrogens with one attached hydrogen (secondary N) is 1. The quantitative estimate of drug-likeness (QED) is 0.856. The van der Waals surface area contributed by atoms with E-state index in [4.69, 9.17) is 16.3 Å². The highest BCUT2D eigenvalue weighted by Gasteiger charge is 2.15. The van der Waals surface area contributed by atoms with Crippen LogP contribution < -0.4 is 9.46 Å². The first-order valence-electron chi connectivity index (χ1n) is 6.98. The zero-order valence-electron chi connectivity index (χ0n) is 12.7. The van der Waals surface area contributed by atoms with Gasteiger partial charge in [0.05, 0.1) is 16.0 Å². The molecule has 0 spiro atoms. The highest BCUT2D eigenvalue weighted by molar-refractivity contribution is 7.89. The van der Waals surface area contributed by atoms with Crippen molar-refractivity contribution in [3.05, 3.63) is 58.9 Å². The lowest BCUT2D eigenvalue weighted by Gasteiger charge is -2.11. The highest BCUT2D eigenvalue weighted by Crippen LogP contribution is 2.20. The second-order valence-electron chi connectivity index (χ2n) is 5.21. The summed E-state index contributed by atoms with van der Waals surface area (Å²) in [5.74, 6) is 0.0586. The van der Waals surface area contributed by atoms with Crippen LogP contribution >= 0.6 is 11.6 Å². The molecule has 0 unspecified atom stereocenters. The van der Waals surface area contributed by atoms with E-state index in [1.165, 1.54) is 6.07 Å². The topological polar surface area (TPSA) is 55.4 Å². The maximum Gasteiger partial charge on any atom is 0.240 e. The lowest BCUT2D eigenvalue weighted by molar-refractivity contribution is 0.242. The number of hydrogen-bond acceptors (Lipinski definition) is 3. The fourth-order valence-corrected chi connectivity index (χ4v) is 3.15. The average Bonchev–Trinajstić information content (AvgIpc) is 2.49. The molecule has 2 aromatic carbocycles. The van der Waals surface area contributed by atoms with Crippen LogP contribution in [0, 0.1) is 5.82 Å². The Morgan fingerprint density at radius 1 is 1.17 bits per heavy atom. The molecule has 0 fully saturated rings. The molecule has 0 aliphatic heterocycles. The Bertz CT molecular complexity index is 776. The van der Waals surface area contributed by atoms with Crippen LogP contribution in [0.15, 0.2) is 47.4 Å². The van der Waals surface area contributed by atoms with Crippen LogP contribution in [0.25, 0.3) is 0 Å². The lowest BCUT2D eigenvalue weighted by Crippen LogP contribution is -2.23. The summed E-state index contributed by atoms with van der Waals surface area (Å²) in [4.78, 5) is -0.0799. The van der Waals surface area contributed by atoms with Crippen molar-refractivity contribution in [1.29, 1.82) is 0 Å². The van der Waals surface area contributed by atoms with E-state index in [-0.39, 0.29) is 22.6 Å². The van der Waals surface area contributed by atoms with Crippen molar-refractivity contribution in [2.45, 2.75) is 31.4 Å². The molecule has 2 rings (SSSR count). The maximum atomic E-state index is 13.1. The third-order valence-corrected chi connectivity index (χ3v) is 4.65. The predicted molar refractivity (Wildman–Crippen MR) is 87.6 cm³/mol. The van der Waals surface area contributed by atoms with E-state index >= 15 is 0 Å². The molecule has 23 heavy (non-hydrogen) atoms. The van der Waals surface area contributed by atoms with Crippen molar-refractivity contribution in [2.24, 2.45) is 0 Å². The second kappa shape index (κ2) is 7.29. The number of benzene rings is 2. The van der Waals surface area contributed by atoms with Crippen LogP contribution in [0.3, 0.4) is 0 Å². The van der Waals surface area contributed by atoms with Crippen molar-refractivity contribution in [3.63, 3.8) is 0 Å². The van der Waals surface area contributed by atoms with Gasteiger partial charge in [-0.2, -0.15) is 0 Å². The number of rotatable bonds is 6. The molecule has 0 aliphatic carbocycles. The van der Waals surface area contributed by atoms with Gasteiger partial charge in [-0.3, -0.25) is 0 Å². The Morgan fingerprint density at radius 2 is 1.83 bits per heavy atom. The van der Waals surface area contributed by atoms with Crippen LogP contribution in [0.5, 0.6) is 5.75 Å². The standard InChI is InChI=1S/C16H17ClFNO3S/c1-11(2)22-13-5-3-12(4-6-13)10-19-23(20,21)14-7-8-16(18)15(17)9-14/h3-9,11,19H,10H2,1-2H3. The van der Waals surface area contributed by atoms with Gasteiger partial charge in [0, 0.05) is 6.54 Å². The monoisotopic (exact) mass is 357 g/mol. The summed E-state index contributed by atoms with van der Waals surface area (Å²) in [5.41, 5.74) is 0.776. The van der Waals surface area contributed by atoms with E-state index < -0.39 is 15.8 Å². The molecule has 4 nitrogen and oxygen atoms in total. The van der Waals surface area contributed by atoms with Crippen LogP contribution in [0.4, 0.5) is 4.39 Å². The van der Waals surface area contributed by atoms with Gasteiger partial charge in [-0.15, -0.1) is 0 Å². The minimum atomic E-state index is -3.76. The summed E-state index contributed by atoms with van der Waals surface area (Å²) in [6.45, 7) is 3.96. The summed E-state index contributed by atoms with van der Waals surface area (Å²) < 4.78 is 45.4. The summed E-state index contributed by atoms with van der Waals surface area (Å²) in [7, 11) is -3.76. The first-order chi connectivity index (χ1) is 10.8. The molecule has 7 heteroatoms. The molecule has 0 heterocycles. The molecule has 1 N–H and O–H groups in total. The molecular weight excluding hydrogens is 341 g/mol. The Kier molecular flexibility index (Phi) is 5.62. The number of halogens is 2. The van der Waals surface area contributed by atoms with Crippen molar-refractivity contribution < 1.29 is 17.5 Å². The Morgan fingerprint density at radius 3 is 2.39 bits per heavy atom. The fraction of sp³-hybridized carbons (Fsp3) is 0.250. The van der Waals surface area contributed by atoms with Crippen LogP contribution in [-0.4, -0.2) is 14.5 Å². The molecule has 0 saturated carbocycles. The minimum absolute atomic E-state index is 0.0718. The van der Waals surface area contributed by atoms with Gasteiger partial charge in [0.2, 0.25) is 10.0 Å². The van der Waals surface area contributed by atoms with Crippen LogP contribution in [-0.2, 0) is 16.6 Å². The van der Waals surface area contributed by atoms with E-state index in [0.717, 1.165) is 23.4 Å². The zero-order valence-corrected chi connectivity index (χ0v) is 14.3. The molecule has 0 saturated heterocycles. The zero-order chi connectivity index (χ0) is 17.0. The molecule has 0 bridgehead atoms. The van der Waals surface area contributed by atoms with E-state index in [0.29, 0.717) is 0 Å². The first kappa shape index (κ1) is 17.7. The fourth-order valence-electron chi connectivity index (χ4n) is 1.86. The molecule has 124 valence electrons. The number of ether oxygens (including phenoxy) is 1. The van der Waals surface area contributed by atoms with Gasteiger partial charge in [0.25, 0.3) is 0 Å². The van der Waals surface area contributed by atoms with Crippen LogP contribution in [0.1, 0.15) is 19.4 Å². The largest absolute Gasteiger partial charge is 0.491 e. The lowest BCUT2D eigenvalue weighted by atomic mass is 10.2. The SMILES string of the molecule is CC(C)Oc1ccc(CNS(=O)(=O)c2ccc(F)c(Cl)c2)cc1. The smallest absolute Gasteiger partial charge is 0.240 e. The van der Waals surface area contributed by atoms with Crippen molar-refractivity contribution >= 4 is 21.6 Å². The Labute approximate surface area is 140 Å². The third kappa shape index (κ3) is 4.92. The van der Waals surface area contributed by atoms with Gasteiger partial charge in [-0.25, -0.2) is 17.5 Å². The van der Waals surface area contributed by atoms with Gasteiger partial charge in [-0.05, 0) is 49.7 Å². The molecular formula is C16H17ClFNO3S. The van der Waals surface area contributed by atoms with E-state index in [1.54, 1.807) is 24.3 Å². The van der Waals surface area contributed by atoms with Gasteiger partial charge in [-0.1, -0.05) is 23.7 Å². The average molecular weight is 358 g/mol.